The van der Waals surface area contributed by atoms with Crippen LogP contribution in [0.3, 0.4) is 0 Å². The molecule has 0 aliphatic rings. The predicted molar refractivity (Wildman–Crippen MR) is 56.8 cm³/mol. The second kappa shape index (κ2) is 5.42. The molecule has 0 heterocycles. The van der Waals surface area contributed by atoms with E-state index in [-0.39, 0.29) is 16.7 Å². The van der Waals surface area contributed by atoms with E-state index in [9.17, 15) is 4.39 Å². The van der Waals surface area contributed by atoms with Crippen LogP contribution in [0.1, 0.15) is 6.92 Å². The van der Waals surface area contributed by atoms with Crippen molar-refractivity contribution in [1.29, 1.82) is 0 Å². The van der Waals surface area contributed by atoms with Crippen molar-refractivity contribution in [2.75, 3.05) is 12.5 Å². The number of hydrogen-bond donors (Lipinski definition) is 0. The molecule has 0 fully saturated rings. The van der Waals surface area contributed by atoms with E-state index in [2.05, 4.69) is 0 Å². The van der Waals surface area contributed by atoms with E-state index in [1.54, 1.807) is 6.07 Å². The van der Waals surface area contributed by atoms with Crippen LogP contribution in [-0.2, 0) is 0 Å². The number of hydrogen-bond acceptors (Lipinski definition) is 1. The summed E-state index contributed by atoms with van der Waals surface area (Å²) in [6.07, 6.45) is 0. The molecule has 0 spiro atoms. The van der Waals surface area contributed by atoms with Crippen molar-refractivity contribution < 1.29 is 9.13 Å². The van der Waals surface area contributed by atoms with Gasteiger partial charge in [-0.15, -0.1) is 11.6 Å². The number of rotatable bonds is 4. The molecule has 1 nitrogen and oxygen atoms in total. The SMILES string of the molecule is CC(CCl)COc1c(F)cccc1Cl. The minimum atomic E-state index is -0.445. The van der Waals surface area contributed by atoms with Crippen LogP contribution in [0.4, 0.5) is 4.39 Å². The van der Waals surface area contributed by atoms with Crippen molar-refractivity contribution in [2.24, 2.45) is 5.92 Å². The van der Waals surface area contributed by atoms with Crippen LogP contribution in [0, 0.1) is 11.7 Å². The van der Waals surface area contributed by atoms with E-state index in [0.717, 1.165) is 0 Å². The minimum Gasteiger partial charge on any atom is -0.489 e. The summed E-state index contributed by atoms with van der Waals surface area (Å²) in [5.41, 5.74) is 0. The highest BCUT2D eigenvalue weighted by atomic mass is 35.5. The van der Waals surface area contributed by atoms with Gasteiger partial charge in [-0.25, -0.2) is 4.39 Å². The lowest BCUT2D eigenvalue weighted by atomic mass is 10.2. The zero-order chi connectivity index (χ0) is 10.6. The first-order chi connectivity index (χ1) is 6.65. The van der Waals surface area contributed by atoms with Gasteiger partial charge in [0.2, 0.25) is 0 Å². The third-order valence-electron chi connectivity index (χ3n) is 1.69. The molecule has 78 valence electrons. The lowest BCUT2D eigenvalue weighted by Gasteiger charge is -2.11. The average molecular weight is 237 g/mol. The number of alkyl halides is 1. The first kappa shape index (κ1) is 11.6. The predicted octanol–water partition coefficient (Wildman–Crippen LogP) is 3.73. The van der Waals surface area contributed by atoms with Gasteiger partial charge < -0.3 is 4.74 Å². The molecule has 0 aliphatic heterocycles. The smallest absolute Gasteiger partial charge is 0.173 e. The Balaban J connectivity index is 2.66. The Hall–Kier alpha value is -0.470. The molecule has 1 atom stereocenters. The van der Waals surface area contributed by atoms with Crippen LogP contribution in [0.2, 0.25) is 5.02 Å². The topological polar surface area (TPSA) is 9.23 Å². The fraction of sp³-hybridized carbons (Fsp3) is 0.400. The van der Waals surface area contributed by atoms with Gasteiger partial charge >= 0.3 is 0 Å². The molecule has 1 unspecified atom stereocenters. The van der Waals surface area contributed by atoms with Crippen LogP contribution in [-0.4, -0.2) is 12.5 Å². The maximum atomic E-state index is 13.2. The molecular weight excluding hydrogens is 226 g/mol. The zero-order valence-electron chi connectivity index (χ0n) is 7.77. The second-order valence-corrected chi connectivity index (χ2v) is 3.84. The Morgan fingerprint density at radius 1 is 1.50 bits per heavy atom. The average Bonchev–Trinajstić information content (AvgIpc) is 2.16. The van der Waals surface area contributed by atoms with Crippen LogP contribution in [0.25, 0.3) is 0 Å². The molecule has 0 aliphatic carbocycles. The van der Waals surface area contributed by atoms with Crippen LogP contribution >= 0.6 is 23.2 Å². The van der Waals surface area contributed by atoms with Crippen molar-refractivity contribution in [2.45, 2.75) is 6.92 Å². The van der Waals surface area contributed by atoms with Gasteiger partial charge in [0.25, 0.3) is 0 Å². The fourth-order valence-electron chi connectivity index (χ4n) is 0.891. The van der Waals surface area contributed by atoms with Gasteiger partial charge in [0.1, 0.15) is 0 Å². The Kier molecular flexibility index (Phi) is 4.49. The van der Waals surface area contributed by atoms with Gasteiger partial charge in [-0.2, -0.15) is 0 Å². The van der Waals surface area contributed by atoms with Crippen LogP contribution in [0.15, 0.2) is 18.2 Å². The summed E-state index contributed by atoms with van der Waals surface area (Å²) >= 11 is 11.3. The molecule has 0 bridgehead atoms. The summed E-state index contributed by atoms with van der Waals surface area (Å²) in [7, 11) is 0. The van der Waals surface area contributed by atoms with Gasteiger partial charge in [-0.05, 0) is 12.1 Å². The molecule has 0 radical (unpaired) electrons. The lowest BCUT2D eigenvalue weighted by Crippen LogP contribution is -2.10. The normalized spacial score (nSPS) is 12.6. The summed E-state index contributed by atoms with van der Waals surface area (Å²) in [5.74, 6) is 0.309. The molecule has 1 rings (SSSR count). The quantitative estimate of drug-likeness (QED) is 0.725. The van der Waals surface area contributed by atoms with E-state index < -0.39 is 5.82 Å². The first-order valence-corrected chi connectivity index (χ1v) is 5.19. The van der Waals surface area contributed by atoms with Crippen molar-refractivity contribution in [3.63, 3.8) is 0 Å². The van der Waals surface area contributed by atoms with E-state index in [1.165, 1.54) is 12.1 Å². The highest BCUT2D eigenvalue weighted by molar-refractivity contribution is 6.32. The van der Waals surface area contributed by atoms with Gasteiger partial charge in [-0.3, -0.25) is 0 Å². The van der Waals surface area contributed by atoms with E-state index >= 15 is 0 Å². The highest BCUT2D eigenvalue weighted by Crippen LogP contribution is 2.27. The van der Waals surface area contributed by atoms with E-state index in [1.807, 2.05) is 6.92 Å². The molecule has 4 heteroatoms. The number of ether oxygens (including phenoxy) is 1. The van der Waals surface area contributed by atoms with Crippen molar-refractivity contribution in [1.82, 2.24) is 0 Å². The molecule has 14 heavy (non-hydrogen) atoms. The first-order valence-electron chi connectivity index (χ1n) is 4.28. The Morgan fingerprint density at radius 2 is 2.21 bits per heavy atom. The van der Waals surface area contributed by atoms with Gasteiger partial charge in [-0.1, -0.05) is 24.6 Å². The van der Waals surface area contributed by atoms with Crippen LogP contribution < -0.4 is 4.74 Å². The Morgan fingerprint density at radius 3 is 2.79 bits per heavy atom. The summed E-state index contributed by atoms with van der Waals surface area (Å²) in [4.78, 5) is 0. The van der Waals surface area contributed by atoms with Crippen LogP contribution in [0.5, 0.6) is 5.75 Å². The minimum absolute atomic E-state index is 0.103. The zero-order valence-corrected chi connectivity index (χ0v) is 9.28. The third-order valence-corrected chi connectivity index (χ3v) is 2.52. The molecule has 0 saturated heterocycles. The lowest BCUT2D eigenvalue weighted by molar-refractivity contribution is 0.261. The second-order valence-electron chi connectivity index (χ2n) is 3.12. The summed E-state index contributed by atoms with van der Waals surface area (Å²) in [6.45, 7) is 2.28. The third kappa shape index (κ3) is 3.03. The maximum absolute atomic E-state index is 13.2. The molecular formula is C10H11Cl2FO. The standard InChI is InChI=1S/C10H11Cl2FO/c1-7(5-11)6-14-10-8(12)3-2-4-9(10)13/h2-4,7H,5-6H2,1H3. The van der Waals surface area contributed by atoms with Gasteiger partial charge in [0.05, 0.1) is 11.6 Å². The van der Waals surface area contributed by atoms with E-state index in [0.29, 0.717) is 12.5 Å². The highest BCUT2D eigenvalue weighted by Gasteiger charge is 2.09. The largest absolute Gasteiger partial charge is 0.489 e. The molecule has 0 amide bonds. The fourth-order valence-corrected chi connectivity index (χ4v) is 1.20. The Bertz CT molecular complexity index is 284. The number of halogens is 3. The molecule has 0 aromatic heterocycles. The van der Waals surface area contributed by atoms with E-state index in [4.69, 9.17) is 27.9 Å². The number of benzene rings is 1. The van der Waals surface area contributed by atoms with Gasteiger partial charge in [0.15, 0.2) is 11.6 Å². The molecule has 0 N–H and O–H groups in total. The van der Waals surface area contributed by atoms with Crippen molar-refractivity contribution in [3.05, 3.63) is 29.0 Å². The molecule has 1 aromatic carbocycles. The summed E-state index contributed by atoms with van der Waals surface area (Å²) in [5, 5.41) is 0.284. The summed E-state index contributed by atoms with van der Waals surface area (Å²) < 4.78 is 18.4. The van der Waals surface area contributed by atoms with Gasteiger partial charge in [0, 0.05) is 11.8 Å². The van der Waals surface area contributed by atoms with Crippen molar-refractivity contribution >= 4 is 23.2 Å². The molecule has 1 aromatic rings. The Labute approximate surface area is 92.8 Å². The maximum Gasteiger partial charge on any atom is 0.173 e. The number of para-hydroxylation sites is 1. The summed E-state index contributed by atoms with van der Waals surface area (Å²) in [6, 6.07) is 4.44. The molecule has 0 saturated carbocycles. The van der Waals surface area contributed by atoms with Crippen molar-refractivity contribution in [3.8, 4) is 5.75 Å². The monoisotopic (exact) mass is 236 g/mol.